The molecule has 2 aromatic carbocycles. The number of hydrogen-bond donors (Lipinski definition) is 8. The van der Waals surface area contributed by atoms with E-state index in [-0.39, 0.29) is 18.6 Å². The van der Waals surface area contributed by atoms with Crippen LogP contribution in [0.25, 0.3) is 0 Å². The molecular weight excluding hydrogens is 583 g/mol. The normalized spacial score (nSPS) is 11.9. The van der Waals surface area contributed by atoms with Crippen molar-refractivity contribution in [3.8, 4) is 5.75 Å². The summed E-state index contributed by atoms with van der Waals surface area (Å²) in [5.41, 5.74) is 7.36. The van der Waals surface area contributed by atoms with Gasteiger partial charge in [-0.2, -0.15) is 13.2 Å². The number of carboxylic acids is 2. The first kappa shape index (κ1) is 35.8. The Bertz CT molecular complexity index is 1260. The summed E-state index contributed by atoms with van der Waals surface area (Å²) in [6, 6.07) is 13.1. The molecule has 2 rings (SSSR count). The number of nitrogens with two attached hydrogens (primary N) is 1. The molecular formula is C26H30F3N5O9. The molecule has 0 radical (unpaired) electrons. The van der Waals surface area contributed by atoms with Gasteiger partial charge in [-0.25, -0.2) is 4.79 Å². The number of carbonyl (C=O) groups is 6. The number of rotatable bonds is 13. The number of aromatic hydroxyl groups is 1. The van der Waals surface area contributed by atoms with E-state index >= 15 is 0 Å². The van der Waals surface area contributed by atoms with Crippen molar-refractivity contribution in [1.82, 2.24) is 21.3 Å². The summed E-state index contributed by atoms with van der Waals surface area (Å²) in [7, 11) is 0. The molecule has 43 heavy (non-hydrogen) atoms. The van der Waals surface area contributed by atoms with Crippen molar-refractivity contribution >= 4 is 35.6 Å². The fraction of sp³-hybridized carbons (Fsp3) is 0.308. The number of phenolic OH excluding ortho intramolecular Hbond substituents is 1. The number of alkyl halides is 3. The van der Waals surface area contributed by atoms with Crippen molar-refractivity contribution in [3.05, 3.63) is 65.7 Å². The molecule has 0 aromatic heterocycles. The monoisotopic (exact) mass is 613 g/mol. The molecule has 0 heterocycles. The van der Waals surface area contributed by atoms with Gasteiger partial charge in [0.15, 0.2) is 0 Å². The minimum atomic E-state index is -5.08. The highest BCUT2D eigenvalue weighted by Gasteiger charge is 2.38. The second-order valence-electron chi connectivity index (χ2n) is 8.70. The van der Waals surface area contributed by atoms with Crippen LogP contribution in [0.4, 0.5) is 13.2 Å². The highest BCUT2D eigenvalue weighted by molar-refractivity contribution is 5.93. The standard InChI is InChI=1S/C24H29N5O7.C2HF3O2/c25-18(10-16-6-8-17(30)9-7-16)23(35)27-13-21(32)29-19(11-15-4-2-1-3-5-15)24(36)28-12-20(31)26-14-22(33)34;3-2(4,5)1(6)7/h1-9,18-19,30H,10-14,25H2,(H,26,31)(H,27,35)(H,28,36)(H,29,32)(H,33,34);(H,6,7)/t18-,19-;/m0./s1. The molecule has 2 aromatic rings. The Labute approximate surface area is 242 Å². The van der Waals surface area contributed by atoms with E-state index in [0.29, 0.717) is 0 Å². The number of carboxylic acid groups (broad SMARTS) is 2. The van der Waals surface area contributed by atoms with Gasteiger partial charge in [-0.05, 0) is 29.7 Å². The maximum absolute atomic E-state index is 12.7. The fourth-order valence-electron chi connectivity index (χ4n) is 3.11. The van der Waals surface area contributed by atoms with E-state index in [1.165, 1.54) is 12.1 Å². The molecule has 2 atom stereocenters. The predicted molar refractivity (Wildman–Crippen MR) is 142 cm³/mol. The Morgan fingerprint density at radius 2 is 1.23 bits per heavy atom. The second kappa shape index (κ2) is 17.6. The van der Waals surface area contributed by atoms with Crippen LogP contribution in [0.15, 0.2) is 54.6 Å². The van der Waals surface area contributed by atoms with Gasteiger partial charge >= 0.3 is 18.1 Å². The maximum atomic E-state index is 12.7. The third kappa shape index (κ3) is 15.4. The number of carbonyl (C=O) groups excluding carboxylic acids is 4. The number of benzene rings is 2. The van der Waals surface area contributed by atoms with Crippen molar-refractivity contribution in [2.75, 3.05) is 19.6 Å². The van der Waals surface area contributed by atoms with E-state index in [0.717, 1.165) is 11.1 Å². The molecule has 0 fully saturated rings. The van der Waals surface area contributed by atoms with E-state index in [9.17, 15) is 42.3 Å². The predicted octanol–water partition coefficient (Wildman–Crippen LogP) is -0.944. The van der Waals surface area contributed by atoms with Crippen LogP contribution >= 0.6 is 0 Å². The first-order valence-corrected chi connectivity index (χ1v) is 12.3. The highest BCUT2D eigenvalue weighted by Crippen LogP contribution is 2.13. The number of hydrogen-bond acceptors (Lipinski definition) is 8. The summed E-state index contributed by atoms with van der Waals surface area (Å²) in [5, 5.41) is 34.5. The maximum Gasteiger partial charge on any atom is 0.490 e. The van der Waals surface area contributed by atoms with Gasteiger partial charge in [-0.3, -0.25) is 24.0 Å². The summed E-state index contributed by atoms with van der Waals surface area (Å²) >= 11 is 0. The molecule has 0 spiro atoms. The highest BCUT2D eigenvalue weighted by atomic mass is 19.4. The Balaban J connectivity index is 0.00000117. The molecule has 0 aliphatic rings. The molecule has 0 aliphatic heterocycles. The van der Waals surface area contributed by atoms with Crippen LogP contribution in [0.2, 0.25) is 0 Å². The Kier molecular flexibility index (Phi) is 14.7. The van der Waals surface area contributed by atoms with E-state index < -0.39 is 73.5 Å². The van der Waals surface area contributed by atoms with Crippen LogP contribution in [0, 0.1) is 0 Å². The lowest BCUT2D eigenvalue weighted by molar-refractivity contribution is -0.192. The van der Waals surface area contributed by atoms with Gasteiger partial charge in [0.1, 0.15) is 18.3 Å². The van der Waals surface area contributed by atoms with Crippen molar-refractivity contribution in [3.63, 3.8) is 0 Å². The van der Waals surface area contributed by atoms with Crippen molar-refractivity contribution in [2.24, 2.45) is 5.73 Å². The average Bonchev–Trinajstić information content (AvgIpc) is 2.94. The summed E-state index contributed by atoms with van der Waals surface area (Å²) in [6.07, 6.45) is -4.78. The van der Waals surface area contributed by atoms with E-state index in [4.69, 9.17) is 20.7 Å². The third-order valence-corrected chi connectivity index (χ3v) is 5.19. The van der Waals surface area contributed by atoms with E-state index in [1.54, 1.807) is 42.5 Å². The summed E-state index contributed by atoms with van der Waals surface area (Å²) < 4.78 is 31.7. The molecule has 0 bridgehead atoms. The zero-order valence-electron chi connectivity index (χ0n) is 22.4. The quantitative estimate of drug-likeness (QED) is 0.138. The number of phenols is 1. The molecule has 234 valence electrons. The van der Waals surface area contributed by atoms with Crippen LogP contribution in [-0.4, -0.2) is 88.8 Å². The summed E-state index contributed by atoms with van der Waals surface area (Å²) in [5.74, 6) is -6.48. The Morgan fingerprint density at radius 1 is 0.721 bits per heavy atom. The topological polar surface area (TPSA) is 237 Å². The van der Waals surface area contributed by atoms with Gasteiger partial charge in [-0.1, -0.05) is 42.5 Å². The molecule has 17 heteroatoms. The summed E-state index contributed by atoms with van der Waals surface area (Å²) in [6.45, 7) is -1.50. The van der Waals surface area contributed by atoms with Crippen molar-refractivity contribution < 1.29 is 57.3 Å². The lowest BCUT2D eigenvalue weighted by atomic mass is 10.0. The van der Waals surface area contributed by atoms with Gasteiger partial charge < -0.3 is 42.3 Å². The van der Waals surface area contributed by atoms with Gasteiger partial charge in [0, 0.05) is 6.42 Å². The smallest absolute Gasteiger partial charge is 0.490 e. The first-order chi connectivity index (χ1) is 20.1. The zero-order chi connectivity index (χ0) is 32.6. The van der Waals surface area contributed by atoms with Gasteiger partial charge in [0.05, 0.1) is 19.1 Å². The van der Waals surface area contributed by atoms with Gasteiger partial charge in [0.2, 0.25) is 23.6 Å². The third-order valence-electron chi connectivity index (χ3n) is 5.19. The lowest BCUT2D eigenvalue weighted by Crippen LogP contribution is -2.53. The van der Waals surface area contributed by atoms with Crippen LogP contribution in [-0.2, 0) is 41.6 Å². The Morgan fingerprint density at radius 3 is 1.77 bits per heavy atom. The average molecular weight is 614 g/mol. The fourth-order valence-corrected chi connectivity index (χ4v) is 3.11. The molecule has 0 aliphatic carbocycles. The minimum absolute atomic E-state index is 0.0865. The van der Waals surface area contributed by atoms with Crippen molar-refractivity contribution in [2.45, 2.75) is 31.1 Å². The van der Waals surface area contributed by atoms with Crippen LogP contribution in [0.1, 0.15) is 11.1 Å². The molecule has 0 unspecified atom stereocenters. The number of halogens is 3. The lowest BCUT2D eigenvalue weighted by Gasteiger charge is -2.19. The molecule has 0 saturated heterocycles. The largest absolute Gasteiger partial charge is 0.508 e. The van der Waals surface area contributed by atoms with Gasteiger partial charge in [0.25, 0.3) is 0 Å². The zero-order valence-corrected chi connectivity index (χ0v) is 22.4. The van der Waals surface area contributed by atoms with Crippen molar-refractivity contribution in [1.29, 1.82) is 0 Å². The minimum Gasteiger partial charge on any atom is -0.508 e. The number of aliphatic carboxylic acids is 2. The molecule has 0 saturated carbocycles. The van der Waals surface area contributed by atoms with Crippen LogP contribution in [0.5, 0.6) is 5.75 Å². The van der Waals surface area contributed by atoms with Crippen LogP contribution < -0.4 is 27.0 Å². The number of amides is 4. The summed E-state index contributed by atoms with van der Waals surface area (Å²) in [4.78, 5) is 68.5. The van der Waals surface area contributed by atoms with E-state index in [2.05, 4.69) is 21.3 Å². The second-order valence-corrected chi connectivity index (χ2v) is 8.70. The Hall–Kier alpha value is -5.19. The SMILES string of the molecule is N[C@@H](Cc1ccc(O)cc1)C(=O)NCC(=O)N[C@@H](Cc1ccccc1)C(=O)NCC(=O)NCC(=O)O.O=C(O)C(F)(F)F. The number of nitrogens with one attached hydrogen (secondary N) is 4. The first-order valence-electron chi connectivity index (χ1n) is 12.3. The van der Waals surface area contributed by atoms with Gasteiger partial charge in [-0.15, -0.1) is 0 Å². The molecule has 14 nitrogen and oxygen atoms in total. The molecule has 9 N–H and O–H groups in total. The van der Waals surface area contributed by atoms with E-state index in [1.807, 2.05) is 0 Å². The molecule has 4 amide bonds. The van der Waals surface area contributed by atoms with Crippen LogP contribution in [0.3, 0.4) is 0 Å².